The zero-order valence-electron chi connectivity index (χ0n) is 24.2. The van der Waals surface area contributed by atoms with Gasteiger partial charge in [0, 0.05) is 37.2 Å². The smallest absolute Gasteiger partial charge is 0.417 e. The molecule has 0 aromatic heterocycles. The predicted octanol–water partition coefficient (Wildman–Crippen LogP) is 1.45. The number of aliphatic hydroxyl groups is 3. The number of aromatic hydroxyl groups is 1. The molecule has 4 aliphatic rings. The van der Waals surface area contributed by atoms with Crippen molar-refractivity contribution in [3.8, 4) is 5.75 Å². The Labute approximate surface area is 245 Å². The van der Waals surface area contributed by atoms with E-state index in [1.807, 2.05) is 16.7 Å². The predicted molar refractivity (Wildman–Crippen MR) is 146 cm³/mol. The maximum atomic E-state index is 14.9. The van der Waals surface area contributed by atoms with Crippen LogP contribution in [-0.2, 0) is 22.2 Å². The van der Waals surface area contributed by atoms with Gasteiger partial charge in [0.05, 0.1) is 17.2 Å². The molecule has 1 aromatic carbocycles. The van der Waals surface area contributed by atoms with Gasteiger partial charge in [-0.15, -0.1) is 0 Å². The Hall–Kier alpha value is -3.46. The number of amides is 1. The van der Waals surface area contributed by atoms with Crippen molar-refractivity contribution in [2.75, 3.05) is 47.3 Å². The van der Waals surface area contributed by atoms with Crippen LogP contribution in [0.1, 0.15) is 46.4 Å². The Balaban J connectivity index is 1.74. The van der Waals surface area contributed by atoms with Gasteiger partial charge in [0.25, 0.3) is 5.91 Å². The lowest BCUT2D eigenvalue weighted by atomic mass is 9.58. The fourth-order valence-electron chi connectivity index (χ4n) is 7.58. The van der Waals surface area contributed by atoms with Gasteiger partial charge < -0.3 is 31.1 Å². The number of allylic oxidation sites excluding steroid dienone is 1. The van der Waals surface area contributed by atoms with Crippen LogP contribution in [0.4, 0.5) is 13.2 Å². The van der Waals surface area contributed by atoms with Gasteiger partial charge in [0.15, 0.2) is 11.4 Å². The van der Waals surface area contributed by atoms with Gasteiger partial charge in [0.2, 0.25) is 5.78 Å². The molecule has 1 unspecified atom stereocenters. The maximum Gasteiger partial charge on any atom is 0.417 e. The van der Waals surface area contributed by atoms with E-state index in [1.165, 1.54) is 19.0 Å². The van der Waals surface area contributed by atoms with Crippen LogP contribution in [0.5, 0.6) is 5.75 Å². The van der Waals surface area contributed by atoms with Crippen molar-refractivity contribution < 1.29 is 48.0 Å². The summed E-state index contributed by atoms with van der Waals surface area (Å²) >= 11 is 0. The number of ketones is 2. The number of fused-ring (bicyclic) bond motifs is 3. The highest BCUT2D eigenvalue weighted by Crippen LogP contribution is 2.54. The van der Waals surface area contributed by atoms with Crippen LogP contribution in [0.25, 0.3) is 0 Å². The summed E-state index contributed by atoms with van der Waals surface area (Å²) in [7, 11) is 4.73. The largest absolute Gasteiger partial charge is 0.510 e. The lowest BCUT2D eigenvalue weighted by Gasteiger charge is -2.50. The molecule has 11 nitrogen and oxygen atoms in total. The Morgan fingerprint density at radius 1 is 1.19 bits per heavy atom. The zero-order chi connectivity index (χ0) is 31.9. The number of benzene rings is 1. The first-order valence-electron chi connectivity index (χ1n) is 14.0. The number of carbonyl (C=O) groups excluding carboxylic acids is 3. The topological polar surface area (TPSA) is 168 Å². The van der Waals surface area contributed by atoms with Gasteiger partial charge in [-0.2, -0.15) is 13.2 Å². The summed E-state index contributed by atoms with van der Waals surface area (Å²) in [5.74, 6) is -8.99. The number of aliphatic hydroxyl groups excluding tert-OH is 2. The highest BCUT2D eigenvalue weighted by Gasteiger charge is 2.63. The van der Waals surface area contributed by atoms with Gasteiger partial charge in [-0.1, -0.05) is 6.92 Å². The second-order valence-corrected chi connectivity index (χ2v) is 12.1. The molecule has 0 saturated carbocycles. The van der Waals surface area contributed by atoms with Gasteiger partial charge in [-0.25, -0.2) is 0 Å². The molecule has 0 radical (unpaired) electrons. The highest BCUT2D eigenvalue weighted by molar-refractivity contribution is 6.24. The first kappa shape index (κ1) is 31.0. The molecular formula is C29H35F3N4O7. The van der Waals surface area contributed by atoms with Crippen molar-refractivity contribution >= 4 is 17.5 Å². The lowest BCUT2D eigenvalue weighted by Crippen LogP contribution is -2.63. The molecule has 43 heavy (non-hydrogen) atoms. The number of phenols is 1. The number of halogens is 3. The van der Waals surface area contributed by atoms with E-state index in [2.05, 4.69) is 0 Å². The fraction of sp³-hybridized carbons (Fsp3) is 0.552. The summed E-state index contributed by atoms with van der Waals surface area (Å²) < 4.78 is 44.8. The second-order valence-electron chi connectivity index (χ2n) is 12.1. The standard InChI is InChI=1S/C29H35F3N4O7/c1-5-36-7-6-35(4)11-16(36)13-10-17(37)19-14(21(13)29(30,31)32)8-12-9-15-22(34(2)3)24(39)20(27(33)42)26(41)28(15,43)25(40)18(12)23(19)38/h10,12,15-16,22,37,39-40,43H,5-9,11H2,1-4H3,(H2,33,42)/t12-,15-,16?,22-,28-/m0/s1. The number of phenolic OH excluding ortho intramolecular Hbond substituents is 1. The SMILES string of the molecule is CCN1CCN(C)CC1c1cc(O)c2c(c1C(F)(F)F)C[C@H]1C[C@H]3[C@H](N(C)C)C(O)=C(C(N)=O)C(=O)[C@@]3(O)C(O)=C1C2=O. The molecular weight excluding hydrogens is 573 g/mol. The monoisotopic (exact) mass is 608 g/mol. The molecule has 234 valence electrons. The number of primary amides is 1. The van der Waals surface area contributed by atoms with E-state index < -0.39 is 105 Å². The number of likely N-dealkylation sites (N-methyl/N-ethyl adjacent to an activating group) is 3. The number of piperazine rings is 1. The molecule has 14 heteroatoms. The van der Waals surface area contributed by atoms with Crippen molar-refractivity contribution in [2.45, 2.75) is 43.6 Å². The van der Waals surface area contributed by atoms with E-state index in [1.54, 1.807) is 7.05 Å². The van der Waals surface area contributed by atoms with Crippen molar-refractivity contribution in [1.29, 1.82) is 0 Å². The van der Waals surface area contributed by atoms with Crippen LogP contribution in [0.15, 0.2) is 28.7 Å². The summed E-state index contributed by atoms with van der Waals surface area (Å²) in [5, 5.41) is 45.0. The number of hydrogen-bond acceptors (Lipinski definition) is 10. The Morgan fingerprint density at radius 3 is 2.40 bits per heavy atom. The Morgan fingerprint density at radius 2 is 1.84 bits per heavy atom. The lowest BCUT2D eigenvalue weighted by molar-refractivity contribution is -0.148. The molecule has 1 amide bonds. The molecule has 1 aromatic rings. The summed E-state index contributed by atoms with van der Waals surface area (Å²) in [6.45, 7) is 3.69. The molecule has 0 spiro atoms. The quantitative estimate of drug-likeness (QED) is 0.316. The average Bonchev–Trinajstić information content (AvgIpc) is 2.89. The minimum Gasteiger partial charge on any atom is -0.510 e. The fourth-order valence-corrected chi connectivity index (χ4v) is 7.58. The van der Waals surface area contributed by atoms with Crippen LogP contribution >= 0.6 is 0 Å². The third-order valence-corrected chi connectivity index (χ3v) is 9.50. The molecule has 5 rings (SSSR count). The number of carbonyl (C=O) groups is 3. The summed E-state index contributed by atoms with van der Waals surface area (Å²) in [4.78, 5) is 44.6. The van der Waals surface area contributed by atoms with Crippen LogP contribution in [0.3, 0.4) is 0 Å². The summed E-state index contributed by atoms with van der Waals surface area (Å²) in [5.41, 5.74) is -1.31. The molecule has 0 bridgehead atoms. The normalized spacial score (nSPS) is 30.4. The third kappa shape index (κ3) is 4.45. The highest BCUT2D eigenvalue weighted by atomic mass is 19.4. The molecule has 5 atom stereocenters. The van der Waals surface area contributed by atoms with Crippen LogP contribution < -0.4 is 5.73 Å². The summed E-state index contributed by atoms with van der Waals surface area (Å²) in [6, 6.07) is -1.02. The number of alkyl halides is 3. The minimum absolute atomic E-state index is 0.167. The van der Waals surface area contributed by atoms with Crippen molar-refractivity contribution in [1.82, 2.24) is 14.7 Å². The van der Waals surface area contributed by atoms with Crippen LogP contribution in [0.2, 0.25) is 0 Å². The zero-order valence-corrected chi connectivity index (χ0v) is 24.2. The van der Waals surface area contributed by atoms with Gasteiger partial charge in [-0.3, -0.25) is 24.2 Å². The van der Waals surface area contributed by atoms with Crippen molar-refractivity contribution in [3.05, 3.63) is 51.0 Å². The number of Topliss-reactive ketones (excluding diaryl/α,β-unsaturated/α-hetero) is 2. The number of rotatable bonds is 4. The van der Waals surface area contributed by atoms with Gasteiger partial charge in [0.1, 0.15) is 22.8 Å². The Bertz CT molecular complexity index is 1490. The van der Waals surface area contributed by atoms with E-state index in [9.17, 15) is 48.0 Å². The van der Waals surface area contributed by atoms with Gasteiger partial charge in [-0.05, 0) is 63.6 Å². The molecule has 1 fully saturated rings. The molecule has 1 saturated heterocycles. The molecule has 6 N–H and O–H groups in total. The molecule has 1 aliphatic heterocycles. The third-order valence-electron chi connectivity index (χ3n) is 9.50. The van der Waals surface area contributed by atoms with E-state index in [-0.39, 0.29) is 18.5 Å². The van der Waals surface area contributed by atoms with Crippen LogP contribution in [-0.4, -0.2) is 112 Å². The Kier molecular flexibility index (Phi) is 7.44. The number of nitrogens with zero attached hydrogens (tertiary/aromatic N) is 3. The second kappa shape index (κ2) is 10.3. The maximum absolute atomic E-state index is 14.9. The van der Waals surface area contributed by atoms with E-state index in [0.29, 0.717) is 19.6 Å². The molecule has 1 heterocycles. The summed E-state index contributed by atoms with van der Waals surface area (Å²) in [6.07, 6.45) is -5.66. The van der Waals surface area contributed by atoms with Crippen LogP contribution in [0, 0.1) is 11.8 Å². The first-order valence-corrected chi connectivity index (χ1v) is 14.0. The van der Waals surface area contributed by atoms with Gasteiger partial charge >= 0.3 is 6.18 Å². The average molecular weight is 609 g/mol. The first-order chi connectivity index (χ1) is 20.0. The number of hydrogen-bond donors (Lipinski definition) is 5. The van der Waals surface area contributed by atoms with E-state index >= 15 is 0 Å². The van der Waals surface area contributed by atoms with Crippen molar-refractivity contribution in [2.24, 2.45) is 17.6 Å². The number of nitrogens with two attached hydrogens (primary N) is 1. The van der Waals surface area contributed by atoms with Crippen molar-refractivity contribution in [3.63, 3.8) is 0 Å². The minimum atomic E-state index is -4.91. The van der Waals surface area contributed by atoms with E-state index in [4.69, 9.17) is 5.73 Å². The van der Waals surface area contributed by atoms with E-state index in [0.717, 1.165) is 6.07 Å². The molecule has 3 aliphatic carbocycles.